The highest BCUT2D eigenvalue weighted by Gasteiger charge is 2.21. The van der Waals surface area contributed by atoms with Crippen LogP contribution in [0.2, 0.25) is 10.0 Å². The molecule has 0 aliphatic carbocycles. The first-order chi connectivity index (χ1) is 14.4. The molecule has 9 nitrogen and oxygen atoms in total. The SMILES string of the molecule is COC(=O)c1coc(CNC(=O)NC[C@H]2CN(Cc3ccc(Cl)c(Cl)c3)CCO2)n1. The molecule has 2 N–H and O–H groups in total. The van der Waals surface area contributed by atoms with Crippen molar-refractivity contribution in [3.8, 4) is 0 Å². The van der Waals surface area contributed by atoms with Crippen molar-refractivity contribution < 1.29 is 23.5 Å². The molecule has 1 fully saturated rings. The van der Waals surface area contributed by atoms with Crippen LogP contribution in [0.5, 0.6) is 0 Å². The van der Waals surface area contributed by atoms with Crippen LogP contribution in [0.1, 0.15) is 21.9 Å². The number of carbonyl (C=O) groups is 2. The number of ether oxygens (including phenoxy) is 2. The second kappa shape index (κ2) is 10.6. The summed E-state index contributed by atoms with van der Waals surface area (Å²) >= 11 is 12.0. The van der Waals surface area contributed by atoms with Crippen molar-refractivity contribution in [2.45, 2.75) is 19.2 Å². The van der Waals surface area contributed by atoms with E-state index in [9.17, 15) is 9.59 Å². The summed E-state index contributed by atoms with van der Waals surface area (Å²) in [5.74, 6) is -0.401. The number of oxazole rings is 1. The lowest BCUT2D eigenvalue weighted by Crippen LogP contribution is -2.48. The summed E-state index contributed by atoms with van der Waals surface area (Å²) in [6.45, 7) is 3.14. The fraction of sp³-hybridized carbons (Fsp3) is 0.421. The molecule has 0 saturated carbocycles. The van der Waals surface area contributed by atoms with E-state index >= 15 is 0 Å². The van der Waals surface area contributed by atoms with Crippen molar-refractivity contribution in [3.05, 3.63) is 51.7 Å². The maximum absolute atomic E-state index is 12.0. The third-order valence-corrected chi connectivity index (χ3v) is 5.19. The van der Waals surface area contributed by atoms with E-state index in [2.05, 4.69) is 25.3 Å². The van der Waals surface area contributed by atoms with Gasteiger partial charge in [0.25, 0.3) is 0 Å². The molecule has 162 valence electrons. The molecule has 1 aromatic heterocycles. The lowest BCUT2D eigenvalue weighted by atomic mass is 10.2. The molecule has 1 aliphatic rings. The monoisotopic (exact) mass is 456 g/mol. The zero-order chi connectivity index (χ0) is 21.5. The normalized spacial score (nSPS) is 16.8. The fourth-order valence-electron chi connectivity index (χ4n) is 2.96. The number of carbonyl (C=O) groups excluding carboxylic acids is 2. The smallest absolute Gasteiger partial charge is 0.360 e. The molecule has 1 aliphatic heterocycles. The molecule has 1 saturated heterocycles. The summed E-state index contributed by atoms with van der Waals surface area (Å²) in [5.41, 5.74) is 1.11. The van der Waals surface area contributed by atoms with Crippen LogP contribution >= 0.6 is 23.2 Å². The molecule has 1 atom stereocenters. The topological polar surface area (TPSA) is 106 Å². The van der Waals surface area contributed by atoms with E-state index < -0.39 is 12.0 Å². The van der Waals surface area contributed by atoms with Crippen molar-refractivity contribution in [3.63, 3.8) is 0 Å². The molecule has 0 spiro atoms. The number of nitrogens with one attached hydrogen (secondary N) is 2. The Morgan fingerprint density at radius 1 is 1.30 bits per heavy atom. The van der Waals surface area contributed by atoms with Crippen LogP contribution in [0.3, 0.4) is 0 Å². The van der Waals surface area contributed by atoms with Crippen LogP contribution in [-0.4, -0.2) is 61.3 Å². The Labute approximate surface area is 183 Å². The molecule has 0 bridgehead atoms. The molecule has 3 rings (SSSR count). The average molecular weight is 457 g/mol. The van der Waals surface area contributed by atoms with Gasteiger partial charge in [-0.3, -0.25) is 4.90 Å². The molecule has 0 unspecified atom stereocenters. The van der Waals surface area contributed by atoms with Crippen LogP contribution in [0, 0.1) is 0 Å². The van der Waals surface area contributed by atoms with E-state index in [-0.39, 0.29) is 24.2 Å². The zero-order valence-electron chi connectivity index (χ0n) is 16.3. The van der Waals surface area contributed by atoms with Crippen LogP contribution in [0.25, 0.3) is 0 Å². The Kier molecular flexibility index (Phi) is 7.92. The van der Waals surface area contributed by atoms with Gasteiger partial charge in [0.2, 0.25) is 5.89 Å². The van der Waals surface area contributed by atoms with Gasteiger partial charge in [-0.2, -0.15) is 0 Å². The van der Waals surface area contributed by atoms with Gasteiger partial charge in [0, 0.05) is 26.2 Å². The number of methoxy groups -OCH3 is 1. The number of benzene rings is 1. The number of rotatable bonds is 7. The van der Waals surface area contributed by atoms with Gasteiger partial charge in [0.1, 0.15) is 6.26 Å². The molecule has 30 heavy (non-hydrogen) atoms. The van der Waals surface area contributed by atoms with E-state index in [0.717, 1.165) is 18.7 Å². The first-order valence-corrected chi connectivity index (χ1v) is 10.0. The first kappa shape index (κ1) is 22.4. The second-order valence-electron chi connectivity index (χ2n) is 6.66. The van der Waals surface area contributed by atoms with Crippen molar-refractivity contribution in [1.82, 2.24) is 20.5 Å². The maximum atomic E-state index is 12.0. The summed E-state index contributed by atoms with van der Waals surface area (Å²) in [6, 6.07) is 5.19. The number of nitrogens with zero attached hydrogens (tertiary/aromatic N) is 2. The Morgan fingerprint density at radius 2 is 2.13 bits per heavy atom. The largest absolute Gasteiger partial charge is 0.464 e. The van der Waals surface area contributed by atoms with Gasteiger partial charge >= 0.3 is 12.0 Å². The maximum Gasteiger partial charge on any atom is 0.360 e. The van der Waals surface area contributed by atoms with Gasteiger partial charge in [-0.15, -0.1) is 0 Å². The van der Waals surface area contributed by atoms with Crippen molar-refractivity contribution >= 4 is 35.2 Å². The Bertz CT molecular complexity index is 892. The van der Waals surface area contributed by atoms with Gasteiger partial charge in [-0.25, -0.2) is 14.6 Å². The third kappa shape index (κ3) is 6.33. The van der Waals surface area contributed by atoms with Gasteiger partial charge in [0.15, 0.2) is 5.69 Å². The van der Waals surface area contributed by atoms with Crippen molar-refractivity contribution in [2.75, 3.05) is 33.4 Å². The number of amides is 2. The van der Waals surface area contributed by atoms with E-state index in [4.69, 9.17) is 32.4 Å². The summed E-state index contributed by atoms with van der Waals surface area (Å²) in [7, 11) is 1.25. The lowest BCUT2D eigenvalue weighted by molar-refractivity contribution is -0.0287. The summed E-state index contributed by atoms with van der Waals surface area (Å²) in [5, 5.41) is 6.44. The Balaban J connectivity index is 1.40. The summed E-state index contributed by atoms with van der Waals surface area (Å²) in [4.78, 5) is 29.5. The number of esters is 1. The van der Waals surface area contributed by atoms with E-state index in [1.54, 1.807) is 6.07 Å². The molecule has 2 aromatic rings. The van der Waals surface area contributed by atoms with Crippen molar-refractivity contribution in [2.24, 2.45) is 0 Å². The molecular formula is C19H22Cl2N4O5. The highest BCUT2D eigenvalue weighted by atomic mass is 35.5. The number of morpholine rings is 1. The number of aromatic nitrogens is 1. The standard InChI is InChI=1S/C19H22Cl2N4O5/c1-28-18(26)16-11-30-17(24-16)8-23-19(27)22-7-13-10-25(4-5-29-13)9-12-2-3-14(20)15(21)6-12/h2-3,6,11,13H,4-5,7-10H2,1H3,(H2,22,23,27)/t13-/m0/s1. The average Bonchev–Trinajstić information content (AvgIpc) is 3.22. The van der Waals surface area contributed by atoms with Crippen LogP contribution in [0.4, 0.5) is 4.79 Å². The minimum absolute atomic E-state index is 0.0395. The second-order valence-corrected chi connectivity index (χ2v) is 7.47. The molecular weight excluding hydrogens is 435 g/mol. The minimum atomic E-state index is -0.602. The number of hydrogen-bond acceptors (Lipinski definition) is 7. The Hall–Kier alpha value is -2.33. The van der Waals surface area contributed by atoms with Gasteiger partial charge in [-0.05, 0) is 17.7 Å². The number of halogens is 2. The van der Waals surface area contributed by atoms with E-state index in [0.29, 0.717) is 29.7 Å². The predicted octanol–water partition coefficient (Wildman–Crippen LogP) is 2.47. The molecule has 11 heteroatoms. The number of hydrogen-bond donors (Lipinski definition) is 2. The van der Waals surface area contributed by atoms with Crippen molar-refractivity contribution in [1.29, 1.82) is 0 Å². The highest BCUT2D eigenvalue weighted by molar-refractivity contribution is 6.42. The zero-order valence-corrected chi connectivity index (χ0v) is 17.8. The van der Waals surface area contributed by atoms with Crippen LogP contribution in [-0.2, 0) is 22.6 Å². The Morgan fingerprint density at radius 3 is 2.90 bits per heavy atom. The molecule has 1 aromatic carbocycles. The quantitative estimate of drug-likeness (QED) is 0.616. The summed E-state index contributed by atoms with van der Waals surface area (Å²) < 4.78 is 15.4. The van der Waals surface area contributed by atoms with E-state index in [1.807, 2.05) is 12.1 Å². The number of urea groups is 1. The fourth-order valence-corrected chi connectivity index (χ4v) is 3.28. The summed E-state index contributed by atoms with van der Waals surface area (Å²) in [6.07, 6.45) is 1.04. The van der Waals surface area contributed by atoms with Crippen LogP contribution in [0.15, 0.2) is 28.9 Å². The lowest BCUT2D eigenvalue weighted by Gasteiger charge is -2.33. The van der Waals surface area contributed by atoms with Crippen LogP contribution < -0.4 is 10.6 Å². The highest BCUT2D eigenvalue weighted by Crippen LogP contribution is 2.23. The predicted molar refractivity (Wildman–Crippen MR) is 110 cm³/mol. The van der Waals surface area contributed by atoms with E-state index in [1.165, 1.54) is 13.4 Å². The minimum Gasteiger partial charge on any atom is -0.464 e. The van der Waals surface area contributed by atoms with Gasteiger partial charge in [-0.1, -0.05) is 29.3 Å². The molecule has 2 amide bonds. The first-order valence-electron chi connectivity index (χ1n) is 9.27. The molecule has 0 radical (unpaired) electrons. The van der Waals surface area contributed by atoms with Gasteiger partial charge < -0.3 is 24.5 Å². The third-order valence-electron chi connectivity index (χ3n) is 4.45. The molecule has 2 heterocycles. The van der Waals surface area contributed by atoms with Gasteiger partial charge in [0.05, 0.1) is 36.4 Å².